The molecular formula is C5H10NO-. The van der Waals surface area contributed by atoms with Crippen molar-refractivity contribution in [2.24, 2.45) is 5.92 Å². The number of hydrogen-bond acceptors (Lipinski definition) is 1. The van der Waals surface area contributed by atoms with Gasteiger partial charge in [0, 0.05) is 13.2 Å². The Hall–Kier alpha value is -0.0800. The molecule has 1 rings (SSSR count). The van der Waals surface area contributed by atoms with E-state index in [2.05, 4.69) is 5.32 Å². The largest absolute Gasteiger partial charge is 0.665 e. The van der Waals surface area contributed by atoms with Crippen LogP contribution in [0, 0.1) is 5.92 Å². The van der Waals surface area contributed by atoms with Gasteiger partial charge in [0.05, 0.1) is 0 Å². The van der Waals surface area contributed by atoms with Crippen LogP contribution in [0.5, 0.6) is 0 Å². The van der Waals surface area contributed by atoms with Crippen molar-refractivity contribution in [3.05, 3.63) is 5.32 Å². The van der Waals surface area contributed by atoms with Crippen molar-refractivity contribution < 1.29 is 4.74 Å². The molecule has 1 aliphatic rings. The summed E-state index contributed by atoms with van der Waals surface area (Å²) in [5.74, 6) is 0.741. The van der Waals surface area contributed by atoms with E-state index >= 15 is 0 Å². The Morgan fingerprint density at radius 2 is 2.43 bits per heavy atom. The van der Waals surface area contributed by atoms with Crippen LogP contribution in [-0.4, -0.2) is 26.8 Å². The molecule has 0 aromatic rings. The molecule has 0 radical (unpaired) electrons. The van der Waals surface area contributed by atoms with Gasteiger partial charge in [0.1, 0.15) is 0 Å². The van der Waals surface area contributed by atoms with E-state index in [4.69, 9.17) is 4.74 Å². The van der Waals surface area contributed by atoms with Crippen LogP contribution in [0.2, 0.25) is 0 Å². The lowest BCUT2D eigenvalue weighted by molar-refractivity contribution is -0.0240. The fourth-order valence-corrected chi connectivity index (χ4v) is 0.648. The molecule has 0 saturated carbocycles. The topological polar surface area (TPSA) is 23.3 Å². The third-order valence-electron chi connectivity index (χ3n) is 1.15. The van der Waals surface area contributed by atoms with Crippen molar-refractivity contribution in [3.63, 3.8) is 0 Å². The predicted octanol–water partition coefficient (Wildman–Crippen LogP) is 0.636. The van der Waals surface area contributed by atoms with Crippen molar-refractivity contribution in [1.29, 1.82) is 0 Å². The molecule has 2 heteroatoms. The summed E-state index contributed by atoms with van der Waals surface area (Å²) in [5.41, 5.74) is 0. The number of hydrogen-bond donors (Lipinski definition) is 0. The minimum Gasteiger partial charge on any atom is -0.665 e. The molecule has 2 nitrogen and oxygen atoms in total. The second-order valence-electron chi connectivity index (χ2n) is 1.90. The molecule has 1 heterocycles. The summed E-state index contributed by atoms with van der Waals surface area (Å²) in [6.45, 7) is 2.84. The maximum absolute atomic E-state index is 4.93. The van der Waals surface area contributed by atoms with E-state index in [1.807, 2.05) is 7.05 Å². The number of nitrogens with zero attached hydrogens (tertiary/aromatic N) is 1. The second-order valence-corrected chi connectivity index (χ2v) is 1.90. The van der Waals surface area contributed by atoms with E-state index in [0.717, 1.165) is 25.7 Å². The maximum atomic E-state index is 4.93. The SMILES string of the molecule is C[N-]CC1COC1. The van der Waals surface area contributed by atoms with Crippen molar-refractivity contribution >= 4 is 0 Å². The molecule has 1 saturated heterocycles. The monoisotopic (exact) mass is 100 g/mol. The lowest BCUT2D eigenvalue weighted by atomic mass is 10.1. The van der Waals surface area contributed by atoms with E-state index in [1.165, 1.54) is 0 Å². The van der Waals surface area contributed by atoms with Gasteiger partial charge in [0.25, 0.3) is 0 Å². The summed E-state index contributed by atoms with van der Waals surface area (Å²) in [5, 5.41) is 3.98. The molecule has 0 aliphatic carbocycles. The third-order valence-corrected chi connectivity index (χ3v) is 1.15. The zero-order chi connectivity index (χ0) is 5.11. The van der Waals surface area contributed by atoms with Gasteiger partial charge in [-0.2, -0.15) is 7.05 Å². The maximum Gasteiger partial charge on any atom is 0.0499 e. The van der Waals surface area contributed by atoms with Crippen LogP contribution in [-0.2, 0) is 4.74 Å². The minimum atomic E-state index is 0.741. The summed E-state index contributed by atoms with van der Waals surface area (Å²) >= 11 is 0. The Morgan fingerprint density at radius 3 is 2.57 bits per heavy atom. The zero-order valence-electron chi connectivity index (χ0n) is 4.55. The first kappa shape index (κ1) is 5.06. The second kappa shape index (κ2) is 2.28. The zero-order valence-corrected chi connectivity index (χ0v) is 4.55. The van der Waals surface area contributed by atoms with Crippen LogP contribution < -0.4 is 0 Å². The Labute approximate surface area is 43.9 Å². The Bertz CT molecular complexity index is 52.0. The van der Waals surface area contributed by atoms with Crippen LogP contribution in [0.15, 0.2) is 0 Å². The van der Waals surface area contributed by atoms with Crippen molar-refractivity contribution in [2.75, 3.05) is 26.8 Å². The fraction of sp³-hybridized carbons (Fsp3) is 1.00. The van der Waals surface area contributed by atoms with Gasteiger partial charge in [0.15, 0.2) is 0 Å². The van der Waals surface area contributed by atoms with Crippen molar-refractivity contribution in [1.82, 2.24) is 0 Å². The molecule has 42 valence electrons. The quantitative estimate of drug-likeness (QED) is 0.499. The average Bonchev–Trinajstić information content (AvgIpc) is 1.55. The van der Waals surface area contributed by atoms with E-state index in [1.54, 1.807) is 0 Å². The molecule has 0 N–H and O–H groups in total. The third kappa shape index (κ3) is 1.14. The highest BCUT2D eigenvalue weighted by Gasteiger charge is 2.12. The first-order chi connectivity index (χ1) is 3.43. The number of rotatable bonds is 2. The molecule has 0 unspecified atom stereocenters. The van der Waals surface area contributed by atoms with Crippen molar-refractivity contribution in [2.45, 2.75) is 0 Å². The summed E-state index contributed by atoms with van der Waals surface area (Å²) < 4.78 is 4.93. The van der Waals surface area contributed by atoms with Gasteiger partial charge in [-0.1, -0.05) is 0 Å². The average molecular weight is 100 g/mol. The summed E-state index contributed by atoms with van der Waals surface area (Å²) in [7, 11) is 1.85. The van der Waals surface area contributed by atoms with Crippen molar-refractivity contribution in [3.8, 4) is 0 Å². The highest BCUT2D eigenvalue weighted by atomic mass is 16.5. The first-order valence-electron chi connectivity index (χ1n) is 2.57. The molecule has 0 aromatic heterocycles. The fourth-order valence-electron chi connectivity index (χ4n) is 0.648. The molecular weight excluding hydrogens is 90.1 g/mol. The van der Waals surface area contributed by atoms with Crippen LogP contribution >= 0.6 is 0 Å². The number of ether oxygens (including phenoxy) is 1. The molecule has 0 atom stereocenters. The van der Waals surface area contributed by atoms with E-state index < -0.39 is 0 Å². The smallest absolute Gasteiger partial charge is 0.0499 e. The molecule has 1 aliphatic heterocycles. The lowest BCUT2D eigenvalue weighted by Crippen LogP contribution is -2.29. The van der Waals surface area contributed by atoms with Crippen LogP contribution in [0.4, 0.5) is 0 Å². The van der Waals surface area contributed by atoms with Gasteiger partial charge in [-0.3, -0.25) is 0 Å². The molecule has 0 bridgehead atoms. The van der Waals surface area contributed by atoms with Gasteiger partial charge in [0.2, 0.25) is 0 Å². The molecule has 0 aromatic carbocycles. The minimum absolute atomic E-state index is 0.741. The highest BCUT2D eigenvalue weighted by Crippen LogP contribution is 2.10. The standard InChI is InChI=1S/C5H10NO/c1-6-2-5-3-7-4-5/h5H,2-4H2,1H3/q-1. The first-order valence-corrected chi connectivity index (χ1v) is 2.57. The van der Waals surface area contributed by atoms with Gasteiger partial charge in [-0.25, -0.2) is 0 Å². The Morgan fingerprint density at radius 1 is 1.71 bits per heavy atom. The molecule has 0 spiro atoms. The molecule has 0 amide bonds. The van der Waals surface area contributed by atoms with Gasteiger partial charge in [-0.05, 0) is 5.92 Å². The normalized spacial score (nSPS) is 21.9. The highest BCUT2D eigenvalue weighted by molar-refractivity contribution is 4.79. The van der Waals surface area contributed by atoms with E-state index in [0.29, 0.717) is 0 Å². The van der Waals surface area contributed by atoms with Gasteiger partial charge >= 0.3 is 0 Å². The summed E-state index contributed by atoms with van der Waals surface area (Å²) in [6.07, 6.45) is 0. The van der Waals surface area contributed by atoms with Crippen LogP contribution in [0.25, 0.3) is 5.32 Å². The lowest BCUT2D eigenvalue weighted by Gasteiger charge is -2.30. The summed E-state index contributed by atoms with van der Waals surface area (Å²) in [6, 6.07) is 0. The van der Waals surface area contributed by atoms with Gasteiger partial charge < -0.3 is 10.1 Å². The Kier molecular flexibility index (Phi) is 1.65. The molecule has 7 heavy (non-hydrogen) atoms. The van der Waals surface area contributed by atoms with Crippen LogP contribution in [0.1, 0.15) is 0 Å². The van der Waals surface area contributed by atoms with Crippen LogP contribution in [0.3, 0.4) is 0 Å². The summed E-state index contributed by atoms with van der Waals surface area (Å²) in [4.78, 5) is 0. The van der Waals surface area contributed by atoms with E-state index in [-0.39, 0.29) is 0 Å². The van der Waals surface area contributed by atoms with Gasteiger partial charge in [-0.15, -0.1) is 6.54 Å². The Balaban J connectivity index is 1.93. The molecule has 1 fully saturated rings. The van der Waals surface area contributed by atoms with E-state index in [9.17, 15) is 0 Å². The predicted molar refractivity (Wildman–Crippen MR) is 28.5 cm³/mol.